The van der Waals surface area contributed by atoms with Gasteiger partial charge in [0.25, 0.3) is 0 Å². The predicted molar refractivity (Wildman–Crippen MR) is 85.6 cm³/mol. The maximum atomic E-state index is 5.98. The van der Waals surface area contributed by atoms with Crippen LogP contribution in [0, 0.1) is 6.92 Å². The fourth-order valence-corrected chi connectivity index (χ4v) is 2.99. The number of anilines is 1. The average molecular weight is 312 g/mol. The molecule has 1 N–H and O–H groups in total. The van der Waals surface area contributed by atoms with Gasteiger partial charge < -0.3 is 14.8 Å². The van der Waals surface area contributed by atoms with Crippen LogP contribution in [0.5, 0.6) is 11.5 Å². The number of rotatable bonds is 5. The minimum absolute atomic E-state index is 0.176. The number of halogens is 1. The van der Waals surface area contributed by atoms with Gasteiger partial charge in [0.15, 0.2) is 11.5 Å². The Labute approximate surface area is 128 Å². The molecule has 0 radical (unpaired) electrons. The molecule has 1 heterocycles. The molecule has 3 nitrogen and oxygen atoms in total. The summed E-state index contributed by atoms with van der Waals surface area (Å²) in [6.07, 6.45) is 0. The average Bonchev–Trinajstić information content (AvgIpc) is 2.87. The third-order valence-corrected chi connectivity index (χ3v) is 4.30. The quantitative estimate of drug-likeness (QED) is 0.852. The molecule has 1 atom stereocenters. The highest BCUT2D eigenvalue weighted by atomic mass is 35.5. The Morgan fingerprint density at radius 1 is 1.15 bits per heavy atom. The zero-order valence-electron chi connectivity index (χ0n) is 12.0. The Kier molecular flexibility index (Phi) is 4.78. The van der Waals surface area contributed by atoms with Crippen LogP contribution in [0.4, 0.5) is 5.69 Å². The Morgan fingerprint density at radius 3 is 2.35 bits per heavy atom. The van der Waals surface area contributed by atoms with E-state index in [1.54, 1.807) is 25.6 Å². The largest absolute Gasteiger partial charge is 0.493 e. The van der Waals surface area contributed by atoms with E-state index < -0.39 is 0 Å². The first-order chi connectivity index (χ1) is 9.55. The summed E-state index contributed by atoms with van der Waals surface area (Å²) in [7, 11) is 3.28. The van der Waals surface area contributed by atoms with Crippen LogP contribution in [0.15, 0.2) is 23.6 Å². The van der Waals surface area contributed by atoms with Crippen LogP contribution >= 0.6 is 22.9 Å². The molecule has 1 aromatic carbocycles. The summed E-state index contributed by atoms with van der Waals surface area (Å²) in [4.78, 5) is 0. The summed E-state index contributed by atoms with van der Waals surface area (Å²) in [5, 5.41) is 5.54. The number of hydrogen-bond acceptors (Lipinski definition) is 4. The molecule has 0 aliphatic rings. The van der Waals surface area contributed by atoms with Gasteiger partial charge >= 0.3 is 0 Å². The summed E-state index contributed by atoms with van der Waals surface area (Å²) in [5.74, 6) is 1.46. The lowest BCUT2D eigenvalue weighted by Gasteiger charge is -2.18. The molecule has 0 saturated carbocycles. The minimum Gasteiger partial charge on any atom is -0.493 e. The standard InChI is InChI=1S/C15H18ClNO2S/c1-9-5-13(18-3)14(19-4)7-12(9)17-10(2)11-6-15(16)20-8-11/h5-8,10,17H,1-4H3. The van der Waals surface area contributed by atoms with Gasteiger partial charge in [-0.1, -0.05) is 11.6 Å². The number of methoxy groups -OCH3 is 2. The van der Waals surface area contributed by atoms with Crippen LogP contribution in [-0.4, -0.2) is 14.2 Å². The molecule has 1 aromatic heterocycles. The summed E-state index contributed by atoms with van der Waals surface area (Å²) < 4.78 is 11.4. The van der Waals surface area contributed by atoms with E-state index in [2.05, 4.69) is 17.6 Å². The molecular weight excluding hydrogens is 294 g/mol. The monoisotopic (exact) mass is 311 g/mol. The van der Waals surface area contributed by atoms with Gasteiger partial charge in [-0.15, -0.1) is 11.3 Å². The van der Waals surface area contributed by atoms with E-state index >= 15 is 0 Å². The van der Waals surface area contributed by atoms with Crippen LogP contribution in [0.3, 0.4) is 0 Å². The molecule has 2 rings (SSSR count). The highest BCUT2D eigenvalue weighted by Crippen LogP contribution is 2.35. The van der Waals surface area contributed by atoms with Crippen molar-refractivity contribution in [1.82, 2.24) is 0 Å². The van der Waals surface area contributed by atoms with E-state index in [9.17, 15) is 0 Å². The van der Waals surface area contributed by atoms with Gasteiger partial charge in [-0.25, -0.2) is 0 Å². The number of thiophene rings is 1. The van der Waals surface area contributed by atoms with Crippen LogP contribution in [0.1, 0.15) is 24.1 Å². The molecule has 20 heavy (non-hydrogen) atoms. The van der Waals surface area contributed by atoms with Crippen molar-refractivity contribution in [3.8, 4) is 11.5 Å². The summed E-state index contributed by atoms with van der Waals surface area (Å²) >= 11 is 7.52. The second-order valence-corrected chi connectivity index (χ2v) is 6.11. The molecule has 0 aliphatic heterocycles. The summed E-state index contributed by atoms with van der Waals surface area (Å²) in [6, 6.07) is 6.09. The van der Waals surface area contributed by atoms with Gasteiger partial charge in [0, 0.05) is 17.8 Å². The highest BCUT2D eigenvalue weighted by molar-refractivity contribution is 7.14. The van der Waals surface area contributed by atoms with E-state index in [4.69, 9.17) is 21.1 Å². The van der Waals surface area contributed by atoms with Gasteiger partial charge in [-0.3, -0.25) is 0 Å². The number of hydrogen-bond donors (Lipinski definition) is 1. The van der Waals surface area contributed by atoms with Gasteiger partial charge in [0.2, 0.25) is 0 Å². The first-order valence-corrected chi connectivity index (χ1v) is 7.54. The summed E-state index contributed by atoms with van der Waals surface area (Å²) in [6.45, 7) is 4.14. The molecule has 0 saturated heterocycles. The normalized spacial score (nSPS) is 12.1. The minimum atomic E-state index is 0.176. The predicted octanol–water partition coefficient (Wildman–Crippen LogP) is 4.90. The first kappa shape index (κ1) is 15.0. The Morgan fingerprint density at radius 2 is 1.80 bits per heavy atom. The van der Waals surface area contributed by atoms with Gasteiger partial charge in [0.05, 0.1) is 18.6 Å². The van der Waals surface area contributed by atoms with Crippen molar-refractivity contribution in [1.29, 1.82) is 0 Å². The molecule has 1 unspecified atom stereocenters. The Balaban J connectivity index is 2.24. The molecule has 0 bridgehead atoms. The van der Waals surface area contributed by atoms with Crippen molar-refractivity contribution in [3.63, 3.8) is 0 Å². The zero-order chi connectivity index (χ0) is 14.7. The number of benzene rings is 1. The lowest BCUT2D eigenvalue weighted by molar-refractivity contribution is 0.355. The number of aryl methyl sites for hydroxylation is 1. The zero-order valence-corrected chi connectivity index (χ0v) is 13.6. The smallest absolute Gasteiger partial charge is 0.162 e. The Hall–Kier alpha value is -1.39. The van der Waals surface area contributed by atoms with E-state index in [1.807, 2.05) is 25.1 Å². The molecular formula is C15H18ClNO2S. The molecule has 108 valence electrons. The molecule has 0 amide bonds. The molecule has 0 fully saturated rings. The molecule has 0 aliphatic carbocycles. The SMILES string of the molecule is COc1cc(C)c(NC(C)c2csc(Cl)c2)cc1OC. The number of nitrogens with one attached hydrogen (secondary N) is 1. The molecule has 0 spiro atoms. The van der Waals surface area contributed by atoms with Crippen LogP contribution in [0.2, 0.25) is 4.34 Å². The van der Waals surface area contributed by atoms with Crippen LogP contribution in [-0.2, 0) is 0 Å². The van der Waals surface area contributed by atoms with Crippen LogP contribution in [0.25, 0.3) is 0 Å². The van der Waals surface area contributed by atoms with E-state index in [0.29, 0.717) is 0 Å². The highest BCUT2D eigenvalue weighted by Gasteiger charge is 2.12. The number of ether oxygens (including phenoxy) is 2. The van der Waals surface area contributed by atoms with Crippen LogP contribution < -0.4 is 14.8 Å². The van der Waals surface area contributed by atoms with E-state index in [1.165, 1.54) is 5.56 Å². The fraction of sp³-hybridized carbons (Fsp3) is 0.333. The second kappa shape index (κ2) is 6.37. The fourth-order valence-electron chi connectivity index (χ4n) is 2.00. The van der Waals surface area contributed by atoms with Crippen molar-refractivity contribution >= 4 is 28.6 Å². The summed E-state index contributed by atoms with van der Waals surface area (Å²) in [5.41, 5.74) is 3.31. The van der Waals surface area contributed by atoms with Gasteiger partial charge in [0.1, 0.15) is 0 Å². The molecule has 2 aromatic rings. The third kappa shape index (κ3) is 3.19. The maximum Gasteiger partial charge on any atom is 0.162 e. The van der Waals surface area contributed by atoms with Crippen molar-refractivity contribution in [2.24, 2.45) is 0 Å². The first-order valence-electron chi connectivity index (χ1n) is 6.28. The third-order valence-electron chi connectivity index (χ3n) is 3.19. The van der Waals surface area contributed by atoms with E-state index in [-0.39, 0.29) is 6.04 Å². The lowest BCUT2D eigenvalue weighted by Crippen LogP contribution is -2.07. The Bertz CT molecular complexity index is 598. The topological polar surface area (TPSA) is 30.5 Å². The second-order valence-electron chi connectivity index (χ2n) is 4.57. The lowest BCUT2D eigenvalue weighted by atomic mass is 10.1. The maximum absolute atomic E-state index is 5.98. The van der Waals surface area contributed by atoms with E-state index in [0.717, 1.165) is 27.1 Å². The van der Waals surface area contributed by atoms with Gasteiger partial charge in [-0.05, 0) is 42.5 Å². The van der Waals surface area contributed by atoms with Crippen molar-refractivity contribution in [2.45, 2.75) is 19.9 Å². The van der Waals surface area contributed by atoms with Crippen molar-refractivity contribution in [2.75, 3.05) is 19.5 Å². The van der Waals surface area contributed by atoms with Crippen molar-refractivity contribution in [3.05, 3.63) is 39.0 Å². The van der Waals surface area contributed by atoms with Crippen molar-refractivity contribution < 1.29 is 9.47 Å². The molecule has 5 heteroatoms. The van der Waals surface area contributed by atoms with Gasteiger partial charge in [-0.2, -0.15) is 0 Å².